The predicted molar refractivity (Wildman–Crippen MR) is 223 cm³/mol. The van der Waals surface area contributed by atoms with Crippen LogP contribution >= 0.6 is 0 Å². The van der Waals surface area contributed by atoms with E-state index in [9.17, 15) is 62.6 Å². The molecule has 0 aromatic heterocycles. The van der Waals surface area contributed by atoms with Gasteiger partial charge in [-0.1, -0.05) is 54.9 Å². The number of hydrogen-bond acceptors (Lipinski definition) is 13. The van der Waals surface area contributed by atoms with Crippen molar-refractivity contribution >= 4 is 71.1 Å². The normalized spacial score (nSPS) is 16.9. The maximum Gasteiger partial charge on any atom is 0.407 e. The monoisotopic (exact) mass is 912 g/mol. The summed E-state index contributed by atoms with van der Waals surface area (Å²) in [6.07, 6.45) is -2.77. The number of ketones is 1. The molecule has 0 bridgehead atoms. The molecule has 0 saturated carbocycles. The Morgan fingerprint density at radius 1 is 0.656 bits per heavy atom. The average molecular weight is 913 g/mol. The van der Waals surface area contributed by atoms with Crippen LogP contribution in [-0.2, 0) is 57.5 Å². The van der Waals surface area contributed by atoms with Crippen molar-refractivity contribution in [2.45, 2.75) is 143 Å². The number of nitrogens with zero attached hydrogens (tertiary/aromatic N) is 1. The third-order valence-electron chi connectivity index (χ3n) is 9.69. The summed E-state index contributed by atoms with van der Waals surface area (Å²) in [7, 11) is 0. The molecule has 24 heteroatoms. The largest absolute Gasteiger partial charge is 0.481 e. The third kappa shape index (κ3) is 19.4. The van der Waals surface area contributed by atoms with E-state index in [1.807, 2.05) is 19.2 Å². The van der Waals surface area contributed by atoms with Crippen LogP contribution in [0, 0.1) is 17.8 Å². The van der Waals surface area contributed by atoms with E-state index in [0.717, 1.165) is 11.8 Å². The first-order valence-corrected chi connectivity index (χ1v) is 21.0. The van der Waals surface area contributed by atoms with Gasteiger partial charge in [-0.15, -0.1) is 0 Å². The molecule has 7 unspecified atom stereocenters. The molecule has 10 N–H and O–H groups in total. The van der Waals surface area contributed by atoms with Gasteiger partial charge >= 0.3 is 24.0 Å². The highest BCUT2D eigenvalue weighted by molar-refractivity contribution is 6.38. The number of carbonyl (C=O) groups excluding carboxylic acids is 9. The standard InChI is InChI=1S/C40H64N8O16/c1-9-10-24(33(56)38(61)41-16-30(54)55)44-36(59)27-15-23(43-40(63)64-18-19(2)3)17-48(27)39(62)32(21(6)7)47-37(60)31(20(4)5)46-35(58)26(12-14-29(52)53)45-34(57)25(42-22(8)49)11-13-28(50)51/h19-21,23-27,31-32H,9-18H2,1-8H3,(H,41,61)(H,42,49)(H,43,63)(H,44,59)(H,45,57)(H,46,58)(H,47,60)(H,50,51)(H,52,53)(H,54,55). The van der Waals surface area contributed by atoms with Gasteiger partial charge in [0.05, 0.1) is 18.7 Å². The Labute approximate surface area is 370 Å². The van der Waals surface area contributed by atoms with Gasteiger partial charge in [-0.3, -0.25) is 52.7 Å². The number of nitrogens with one attached hydrogen (secondary N) is 7. The van der Waals surface area contributed by atoms with E-state index in [4.69, 9.17) is 14.9 Å². The maximum absolute atomic E-state index is 14.5. The van der Waals surface area contributed by atoms with E-state index in [1.54, 1.807) is 34.6 Å². The zero-order valence-corrected chi connectivity index (χ0v) is 37.4. The van der Waals surface area contributed by atoms with Gasteiger partial charge in [-0.05, 0) is 43.4 Å². The van der Waals surface area contributed by atoms with Crippen LogP contribution < -0.4 is 37.2 Å². The van der Waals surface area contributed by atoms with Crippen molar-refractivity contribution in [2.24, 2.45) is 17.8 Å². The lowest BCUT2D eigenvalue weighted by Crippen LogP contribution is -2.61. The number of carbonyl (C=O) groups is 12. The number of ether oxygens (including phenoxy) is 1. The van der Waals surface area contributed by atoms with E-state index in [-0.39, 0.29) is 38.3 Å². The van der Waals surface area contributed by atoms with Crippen LogP contribution in [0.4, 0.5) is 4.79 Å². The molecule has 1 aliphatic rings. The predicted octanol–water partition coefficient (Wildman–Crippen LogP) is -1.61. The zero-order chi connectivity index (χ0) is 49.0. The molecule has 0 aromatic rings. The Kier molecular flexibility index (Phi) is 23.4. The molecule has 0 aliphatic carbocycles. The molecule has 360 valence electrons. The van der Waals surface area contributed by atoms with Crippen LogP contribution in [0.25, 0.3) is 0 Å². The number of hydrogen-bond donors (Lipinski definition) is 10. The molecule has 1 saturated heterocycles. The number of Topliss-reactive ketones (excluding diaryl/α,β-unsaturated/α-hetero) is 1. The number of carboxylic acid groups (broad SMARTS) is 3. The second-order valence-electron chi connectivity index (χ2n) is 16.5. The highest BCUT2D eigenvalue weighted by atomic mass is 16.5. The highest BCUT2D eigenvalue weighted by Gasteiger charge is 2.45. The van der Waals surface area contributed by atoms with Crippen LogP contribution in [0.1, 0.15) is 100 Å². The SMILES string of the molecule is CCCC(NC(=O)C1CC(NC(=O)OCC(C)C)CN1C(=O)C(NC(=O)C(NC(=O)C(CCC(=O)O)NC(=O)C(CCC(=O)O)NC(C)=O)C(C)C)C(C)C)C(=O)C(=O)NCC(=O)O. The molecule has 0 radical (unpaired) electrons. The topological polar surface area (TPSA) is 362 Å². The minimum absolute atomic E-state index is 0.0197. The summed E-state index contributed by atoms with van der Waals surface area (Å²) >= 11 is 0. The summed E-state index contributed by atoms with van der Waals surface area (Å²) in [5, 5.41) is 44.1. The van der Waals surface area contributed by atoms with Crippen LogP contribution in [0.15, 0.2) is 0 Å². The summed E-state index contributed by atoms with van der Waals surface area (Å²) in [6.45, 7) is 11.5. The fraction of sp³-hybridized carbons (Fsp3) is 0.700. The molecule has 24 nitrogen and oxygen atoms in total. The third-order valence-corrected chi connectivity index (χ3v) is 9.69. The van der Waals surface area contributed by atoms with Crippen molar-refractivity contribution in [1.29, 1.82) is 0 Å². The molecular formula is C40H64N8O16. The van der Waals surface area contributed by atoms with Crippen molar-refractivity contribution in [3.63, 3.8) is 0 Å². The van der Waals surface area contributed by atoms with Gasteiger partial charge in [0.1, 0.15) is 36.8 Å². The average Bonchev–Trinajstić information content (AvgIpc) is 3.62. The molecule has 0 spiro atoms. The number of amides is 8. The van der Waals surface area contributed by atoms with Gasteiger partial charge in [0, 0.05) is 26.3 Å². The Bertz CT molecular complexity index is 1740. The molecular weight excluding hydrogens is 848 g/mol. The second kappa shape index (κ2) is 27.0. The van der Waals surface area contributed by atoms with Crippen molar-refractivity contribution in [1.82, 2.24) is 42.1 Å². The summed E-state index contributed by atoms with van der Waals surface area (Å²) in [5.74, 6) is -13.1. The Hall–Kier alpha value is -6.36. The Morgan fingerprint density at radius 2 is 1.19 bits per heavy atom. The van der Waals surface area contributed by atoms with Crippen molar-refractivity contribution < 1.29 is 77.6 Å². The number of carboxylic acids is 3. The van der Waals surface area contributed by atoms with Gasteiger partial charge in [-0.25, -0.2) is 4.79 Å². The van der Waals surface area contributed by atoms with Gasteiger partial charge in [-0.2, -0.15) is 0 Å². The summed E-state index contributed by atoms with van der Waals surface area (Å²) in [4.78, 5) is 154. The Balaban J connectivity index is 3.49. The molecule has 7 atom stereocenters. The van der Waals surface area contributed by atoms with E-state index in [0.29, 0.717) is 6.42 Å². The first-order chi connectivity index (χ1) is 29.8. The van der Waals surface area contributed by atoms with Crippen molar-refractivity contribution in [3.8, 4) is 0 Å². The minimum atomic E-state index is -1.59. The first kappa shape index (κ1) is 55.7. The molecule has 1 aliphatic heterocycles. The lowest BCUT2D eigenvalue weighted by molar-refractivity contribution is -0.145. The first-order valence-electron chi connectivity index (χ1n) is 21.0. The molecule has 64 heavy (non-hydrogen) atoms. The lowest BCUT2D eigenvalue weighted by Gasteiger charge is -2.33. The van der Waals surface area contributed by atoms with Crippen LogP contribution in [0.3, 0.4) is 0 Å². The van der Waals surface area contributed by atoms with Gasteiger partial charge in [0.25, 0.3) is 5.91 Å². The number of alkyl carbamates (subject to hydrolysis) is 1. The summed E-state index contributed by atoms with van der Waals surface area (Å²) in [6, 6.07) is -9.49. The van der Waals surface area contributed by atoms with Gasteiger partial charge in [0.2, 0.25) is 41.2 Å². The summed E-state index contributed by atoms with van der Waals surface area (Å²) in [5.41, 5.74) is 0. The summed E-state index contributed by atoms with van der Waals surface area (Å²) < 4.78 is 5.21. The number of likely N-dealkylation sites (tertiary alicyclic amines) is 1. The van der Waals surface area contributed by atoms with Gasteiger partial charge in [0.15, 0.2) is 0 Å². The maximum atomic E-state index is 14.5. The Morgan fingerprint density at radius 3 is 1.67 bits per heavy atom. The highest BCUT2D eigenvalue weighted by Crippen LogP contribution is 2.23. The van der Waals surface area contributed by atoms with E-state index in [1.165, 1.54) is 0 Å². The molecule has 1 heterocycles. The lowest BCUT2D eigenvalue weighted by atomic mass is 9.98. The van der Waals surface area contributed by atoms with Crippen LogP contribution in [0.2, 0.25) is 0 Å². The molecule has 8 amide bonds. The minimum Gasteiger partial charge on any atom is -0.481 e. The number of rotatable bonds is 27. The fourth-order valence-corrected chi connectivity index (χ4v) is 6.42. The molecule has 1 fully saturated rings. The fourth-order valence-electron chi connectivity index (χ4n) is 6.42. The van der Waals surface area contributed by atoms with Crippen molar-refractivity contribution in [3.05, 3.63) is 0 Å². The second-order valence-corrected chi connectivity index (χ2v) is 16.5. The van der Waals surface area contributed by atoms with E-state index >= 15 is 0 Å². The smallest absolute Gasteiger partial charge is 0.407 e. The molecule has 0 aromatic carbocycles. The van der Waals surface area contributed by atoms with Gasteiger partial charge < -0.3 is 62.2 Å². The van der Waals surface area contributed by atoms with Crippen LogP contribution in [0.5, 0.6) is 0 Å². The van der Waals surface area contributed by atoms with E-state index in [2.05, 4.69) is 31.9 Å². The number of aliphatic carboxylic acids is 3. The van der Waals surface area contributed by atoms with E-state index < -0.39 is 151 Å². The van der Waals surface area contributed by atoms with Crippen LogP contribution in [-0.4, -0.2) is 153 Å². The quantitative estimate of drug-likeness (QED) is 0.0415. The zero-order valence-electron chi connectivity index (χ0n) is 37.4. The molecule has 1 rings (SSSR count). The van der Waals surface area contributed by atoms with Crippen molar-refractivity contribution in [2.75, 3.05) is 19.7 Å².